The van der Waals surface area contributed by atoms with E-state index in [-0.39, 0.29) is 5.91 Å². The second-order valence-corrected chi connectivity index (χ2v) is 6.12. The summed E-state index contributed by atoms with van der Waals surface area (Å²) < 4.78 is 0. The number of amides is 1. The lowest BCUT2D eigenvalue weighted by Crippen LogP contribution is -2.49. The van der Waals surface area contributed by atoms with Crippen LogP contribution in [0.3, 0.4) is 0 Å². The second-order valence-electron chi connectivity index (χ2n) is 5.33. The summed E-state index contributed by atoms with van der Waals surface area (Å²) in [5.74, 6) is 0.626. The van der Waals surface area contributed by atoms with Gasteiger partial charge in [-0.15, -0.1) is 0 Å². The van der Waals surface area contributed by atoms with Crippen LogP contribution in [0.4, 0.5) is 0 Å². The molecule has 2 rings (SSSR count). The molecule has 1 aliphatic rings. The molecule has 1 aliphatic heterocycles. The Labute approximate surface area is 123 Å². The minimum absolute atomic E-state index is 0.0296. The van der Waals surface area contributed by atoms with E-state index >= 15 is 0 Å². The average Bonchev–Trinajstić information content (AvgIpc) is 2.69. The number of rotatable bonds is 3. The van der Waals surface area contributed by atoms with Gasteiger partial charge in [-0.05, 0) is 12.0 Å². The Hall–Kier alpha value is -0.710. The number of aromatic amines is 1. The number of nitrogens with zero attached hydrogens (tertiary/aromatic N) is 2. The Morgan fingerprint density at radius 1 is 1.32 bits per heavy atom. The molecular weight excluding hydrogens is 285 g/mol. The van der Waals surface area contributed by atoms with Crippen molar-refractivity contribution in [2.24, 2.45) is 5.92 Å². The van der Waals surface area contributed by atoms with Crippen LogP contribution in [0.5, 0.6) is 0 Å². The standard InChI is InChI=1S/C13H19Cl2N3O/c1-9(2)8-17-3-5-18(6-4-17)13(19)11-7-10(14)12(15)16-11/h7,9,16H,3-6,8H2,1-2H3. The summed E-state index contributed by atoms with van der Waals surface area (Å²) in [6, 6.07) is 1.59. The van der Waals surface area contributed by atoms with E-state index in [1.807, 2.05) is 4.90 Å². The second kappa shape index (κ2) is 6.16. The maximum Gasteiger partial charge on any atom is 0.270 e. The van der Waals surface area contributed by atoms with Crippen LogP contribution in [0, 0.1) is 5.92 Å². The summed E-state index contributed by atoms with van der Waals surface area (Å²) in [6.07, 6.45) is 0. The molecule has 0 radical (unpaired) electrons. The molecule has 0 atom stereocenters. The van der Waals surface area contributed by atoms with Gasteiger partial charge < -0.3 is 9.88 Å². The third-order valence-corrected chi connectivity index (χ3v) is 3.93. The van der Waals surface area contributed by atoms with E-state index in [4.69, 9.17) is 23.2 Å². The topological polar surface area (TPSA) is 39.3 Å². The quantitative estimate of drug-likeness (QED) is 0.932. The van der Waals surface area contributed by atoms with Gasteiger partial charge in [0.25, 0.3) is 5.91 Å². The number of carbonyl (C=O) groups excluding carboxylic acids is 1. The van der Waals surface area contributed by atoms with Crippen LogP contribution in [0.1, 0.15) is 24.3 Å². The molecule has 0 bridgehead atoms. The fraction of sp³-hybridized carbons (Fsp3) is 0.615. The molecule has 4 nitrogen and oxygen atoms in total. The van der Waals surface area contributed by atoms with Crippen molar-refractivity contribution in [2.45, 2.75) is 13.8 Å². The SMILES string of the molecule is CC(C)CN1CCN(C(=O)c2cc(Cl)c(Cl)[nH]2)CC1. The Morgan fingerprint density at radius 2 is 1.95 bits per heavy atom. The molecule has 1 aromatic heterocycles. The number of hydrogen-bond acceptors (Lipinski definition) is 2. The van der Waals surface area contributed by atoms with Crippen molar-refractivity contribution in [3.05, 3.63) is 21.9 Å². The molecule has 19 heavy (non-hydrogen) atoms. The van der Waals surface area contributed by atoms with E-state index in [1.165, 1.54) is 0 Å². The van der Waals surface area contributed by atoms with Gasteiger partial charge >= 0.3 is 0 Å². The summed E-state index contributed by atoms with van der Waals surface area (Å²) in [6.45, 7) is 8.85. The highest BCUT2D eigenvalue weighted by molar-refractivity contribution is 6.41. The van der Waals surface area contributed by atoms with Crippen molar-refractivity contribution in [3.8, 4) is 0 Å². The molecule has 0 aromatic carbocycles. The summed E-state index contributed by atoms with van der Waals surface area (Å²) in [5, 5.41) is 0.715. The smallest absolute Gasteiger partial charge is 0.270 e. The Balaban J connectivity index is 1.92. The van der Waals surface area contributed by atoms with Gasteiger partial charge in [0.05, 0.1) is 5.02 Å². The molecule has 1 amide bonds. The fourth-order valence-corrected chi connectivity index (χ4v) is 2.65. The number of H-pyrrole nitrogens is 1. The Bertz CT molecular complexity index is 431. The first-order valence-electron chi connectivity index (χ1n) is 6.53. The van der Waals surface area contributed by atoms with Gasteiger partial charge in [-0.3, -0.25) is 9.69 Å². The first kappa shape index (κ1) is 14.7. The summed E-state index contributed by atoms with van der Waals surface area (Å²) in [5.41, 5.74) is 0.465. The maximum atomic E-state index is 12.3. The van der Waals surface area contributed by atoms with Crippen LogP contribution in [-0.2, 0) is 0 Å². The van der Waals surface area contributed by atoms with Crippen LogP contribution >= 0.6 is 23.2 Å². The zero-order valence-electron chi connectivity index (χ0n) is 11.2. The number of halogens is 2. The minimum atomic E-state index is -0.0296. The van der Waals surface area contributed by atoms with Crippen molar-refractivity contribution in [1.29, 1.82) is 0 Å². The molecule has 1 N–H and O–H groups in total. The van der Waals surface area contributed by atoms with E-state index in [9.17, 15) is 4.79 Å². The average molecular weight is 304 g/mol. The van der Waals surface area contributed by atoms with Crippen molar-refractivity contribution in [3.63, 3.8) is 0 Å². The molecule has 1 aromatic rings. The predicted octanol–water partition coefficient (Wildman–Crippen LogP) is 2.74. The Morgan fingerprint density at radius 3 is 2.42 bits per heavy atom. The molecule has 0 saturated carbocycles. The number of nitrogens with one attached hydrogen (secondary N) is 1. The highest BCUT2D eigenvalue weighted by Gasteiger charge is 2.23. The highest BCUT2D eigenvalue weighted by atomic mass is 35.5. The fourth-order valence-electron chi connectivity index (χ4n) is 2.34. The van der Waals surface area contributed by atoms with Gasteiger partial charge in [-0.25, -0.2) is 0 Å². The number of carbonyl (C=O) groups is 1. The number of hydrogen-bond donors (Lipinski definition) is 1. The molecule has 2 heterocycles. The van der Waals surface area contributed by atoms with Crippen LogP contribution in [0.15, 0.2) is 6.07 Å². The van der Waals surface area contributed by atoms with E-state index in [2.05, 4.69) is 23.7 Å². The first-order chi connectivity index (χ1) is 8.97. The third kappa shape index (κ3) is 3.65. The zero-order valence-corrected chi connectivity index (χ0v) is 12.8. The van der Waals surface area contributed by atoms with E-state index in [1.54, 1.807) is 6.07 Å². The van der Waals surface area contributed by atoms with Crippen molar-refractivity contribution in [1.82, 2.24) is 14.8 Å². The monoisotopic (exact) mass is 303 g/mol. The van der Waals surface area contributed by atoms with Crippen LogP contribution < -0.4 is 0 Å². The summed E-state index contributed by atoms with van der Waals surface area (Å²) in [4.78, 5) is 19.3. The van der Waals surface area contributed by atoms with Gasteiger partial charge in [-0.2, -0.15) is 0 Å². The van der Waals surface area contributed by atoms with Crippen molar-refractivity contribution >= 4 is 29.1 Å². The minimum Gasteiger partial charge on any atom is -0.340 e. The van der Waals surface area contributed by atoms with Crippen molar-refractivity contribution in [2.75, 3.05) is 32.7 Å². The maximum absolute atomic E-state index is 12.3. The molecule has 106 valence electrons. The van der Waals surface area contributed by atoms with Crippen molar-refractivity contribution < 1.29 is 4.79 Å². The highest BCUT2D eigenvalue weighted by Crippen LogP contribution is 2.23. The van der Waals surface area contributed by atoms with E-state index in [0.29, 0.717) is 21.8 Å². The third-order valence-electron chi connectivity index (χ3n) is 3.24. The molecule has 6 heteroatoms. The van der Waals surface area contributed by atoms with Crippen LogP contribution in [-0.4, -0.2) is 53.4 Å². The van der Waals surface area contributed by atoms with E-state index < -0.39 is 0 Å². The molecular formula is C13H19Cl2N3O. The predicted molar refractivity (Wildman–Crippen MR) is 78.0 cm³/mol. The lowest BCUT2D eigenvalue weighted by molar-refractivity contribution is 0.0619. The van der Waals surface area contributed by atoms with Gasteiger partial charge in [0.15, 0.2) is 0 Å². The normalized spacial score (nSPS) is 17.2. The van der Waals surface area contributed by atoms with Gasteiger partial charge in [0.2, 0.25) is 0 Å². The Kier molecular flexibility index (Phi) is 4.76. The molecule has 0 aliphatic carbocycles. The first-order valence-corrected chi connectivity index (χ1v) is 7.28. The number of aromatic nitrogens is 1. The summed E-state index contributed by atoms with van der Waals surface area (Å²) >= 11 is 11.7. The van der Waals surface area contributed by atoms with E-state index in [0.717, 1.165) is 32.7 Å². The lowest BCUT2D eigenvalue weighted by Gasteiger charge is -2.35. The lowest BCUT2D eigenvalue weighted by atomic mass is 10.2. The molecule has 1 fully saturated rings. The van der Waals surface area contributed by atoms with Crippen LogP contribution in [0.2, 0.25) is 10.2 Å². The molecule has 0 unspecified atom stereocenters. The zero-order chi connectivity index (χ0) is 14.0. The summed E-state index contributed by atoms with van der Waals surface area (Å²) in [7, 11) is 0. The molecule has 1 saturated heterocycles. The van der Waals surface area contributed by atoms with Gasteiger partial charge in [0, 0.05) is 32.7 Å². The largest absolute Gasteiger partial charge is 0.340 e. The van der Waals surface area contributed by atoms with Gasteiger partial charge in [-0.1, -0.05) is 37.0 Å². The number of piperazine rings is 1. The van der Waals surface area contributed by atoms with Crippen LogP contribution in [0.25, 0.3) is 0 Å². The van der Waals surface area contributed by atoms with Gasteiger partial charge in [0.1, 0.15) is 10.8 Å². The molecule has 0 spiro atoms.